The van der Waals surface area contributed by atoms with Gasteiger partial charge in [-0.2, -0.15) is 23.1 Å². The monoisotopic (exact) mass is 638 g/mol. The highest BCUT2D eigenvalue weighted by Gasteiger charge is 2.49. The van der Waals surface area contributed by atoms with Crippen LogP contribution in [0.4, 0.5) is 31.5 Å². The van der Waals surface area contributed by atoms with Crippen molar-refractivity contribution in [3.63, 3.8) is 0 Å². The van der Waals surface area contributed by atoms with Gasteiger partial charge in [-0.25, -0.2) is 18.2 Å². The van der Waals surface area contributed by atoms with Gasteiger partial charge in [0, 0.05) is 30.1 Å². The van der Waals surface area contributed by atoms with Gasteiger partial charge in [-0.05, 0) is 57.5 Å². The minimum absolute atomic E-state index is 0.0194. The lowest BCUT2D eigenvalue weighted by Gasteiger charge is -2.30. The molecule has 3 saturated heterocycles. The van der Waals surface area contributed by atoms with E-state index in [0.29, 0.717) is 19.4 Å². The molecule has 7 rings (SSSR count). The van der Waals surface area contributed by atoms with E-state index in [1.165, 1.54) is 0 Å². The van der Waals surface area contributed by atoms with Crippen molar-refractivity contribution in [1.82, 2.24) is 25.2 Å². The Morgan fingerprint density at radius 2 is 2.00 bits per heavy atom. The topological polar surface area (TPSA) is 98.4 Å². The smallest absolute Gasteiger partial charge is 0.417 e. The number of hydrogen-bond acceptors (Lipinski definition) is 9. The van der Waals surface area contributed by atoms with Crippen LogP contribution in [0.25, 0.3) is 32.2 Å². The van der Waals surface area contributed by atoms with Gasteiger partial charge in [0.1, 0.15) is 30.2 Å². The summed E-state index contributed by atoms with van der Waals surface area (Å²) in [6.07, 6.45) is -4.14. The van der Waals surface area contributed by atoms with Gasteiger partial charge in [0.15, 0.2) is 10.9 Å². The van der Waals surface area contributed by atoms with Crippen LogP contribution in [0.3, 0.4) is 0 Å². The van der Waals surface area contributed by atoms with Crippen molar-refractivity contribution in [3.05, 3.63) is 35.4 Å². The molecule has 3 aliphatic rings. The Bertz CT molecular complexity index is 1770. The number of hydrogen-bond donors (Lipinski definition) is 2. The van der Waals surface area contributed by atoms with Crippen molar-refractivity contribution >= 4 is 37.6 Å². The molecule has 4 atom stereocenters. The van der Waals surface area contributed by atoms with Crippen LogP contribution in [0, 0.1) is 11.6 Å². The maximum atomic E-state index is 16.6. The summed E-state index contributed by atoms with van der Waals surface area (Å²) in [5.74, 6) is -2.34. The molecule has 0 spiro atoms. The third kappa shape index (κ3) is 4.88. The molecular formula is C29H28F6N6O2S. The van der Waals surface area contributed by atoms with Crippen molar-refractivity contribution in [2.45, 2.75) is 62.6 Å². The fourth-order valence-corrected chi connectivity index (χ4v) is 7.57. The summed E-state index contributed by atoms with van der Waals surface area (Å²) in [7, 11) is 0. The van der Waals surface area contributed by atoms with E-state index in [-0.39, 0.29) is 63.8 Å². The summed E-state index contributed by atoms with van der Waals surface area (Å²) in [5, 5.41) is 2.82. The van der Waals surface area contributed by atoms with Crippen LogP contribution in [-0.4, -0.2) is 69.9 Å². The standard InChI is InChI=1S/C29H28F6N6O2S/c1-13-19(5-7-37-13)43-25-16-9-17(29(33,34)35)20(15-3-4-18(31)24-23(15)38-26(36)44-24)21(32)22(16)39-27(40-25)42-12-28-6-2-8-41(28)11-14(30)10-28/h3-4,9,13-14,19,37H,2,5-8,10-12H2,1H3,(H2,36,38)/t13?,14-,19?,28+/m1/s1. The van der Waals surface area contributed by atoms with Gasteiger partial charge >= 0.3 is 12.2 Å². The van der Waals surface area contributed by atoms with Gasteiger partial charge in [0.25, 0.3) is 0 Å². The number of nitrogens with two attached hydrogens (primary N) is 1. The van der Waals surface area contributed by atoms with E-state index in [1.54, 1.807) is 0 Å². The Kier molecular flexibility index (Phi) is 7.05. The number of alkyl halides is 4. The number of ether oxygens (including phenoxy) is 2. The molecule has 5 heterocycles. The van der Waals surface area contributed by atoms with Gasteiger partial charge in [-0.3, -0.25) is 4.90 Å². The Morgan fingerprint density at radius 1 is 1.18 bits per heavy atom. The van der Waals surface area contributed by atoms with E-state index in [1.807, 2.05) is 11.8 Å². The molecule has 0 saturated carbocycles. The number of anilines is 1. The van der Waals surface area contributed by atoms with Crippen molar-refractivity contribution in [3.8, 4) is 23.0 Å². The van der Waals surface area contributed by atoms with Crippen LogP contribution >= 0.6 is 11.3 Å². The normalized spacial score (nSPS) is 25.8. The zero-order valence-electron chi connectivity index (χ0n) is 23.5. The van der Waals surface area contributed by atoms with Crippen molar-refractivity contribution in [1.29, 1.82) is 0 Å². The number of halogens is 6. The van der Waals surface area contributed by atoms with Crippen LogP contribution in [0.5, 0.6) is 11.9 Å². The zero-order chi connectivity index (χ0) is 31.0. The SMILES string of the molecule is CC1NCCC1Oc1nc(OC[C@@]23CCCN2C[C@H](F)C3)nc2c(F)c(-c3ccc(F)c4sc(N)nc34)c(C(F)(F)F)cc12. The fraction of sp³-hybridized carbons (Fsp3) is 0.483. The molecule has 3 aliphatic heterocycles. The van der Waals surface area contributed by atoms with Crippen LogP contribution in [-0.2, 0) is 6.18 Å². The molecule has 0 bridgehead atoms. The number of fused-ring (bicyclic) bond motifs is 3. The van der Waals surface area contributed by atoms with Crippen LogP contribution in [0.2, 0.25) is 0 Å². The summed E-state index contributed by atoms with van der Waals surface area (Å²) in [4.78, 5) is 14.6. The predicted molar refractivity (Wildman–Crippen MR) is 153 cm³/mol. The van der Waals surface area contributed by atoms with Gasteiger partial charge in [-0.15, -0.1) is 0 Å². The first-order valence-corrected chi connectivity index (χ1v) is 15.1. The molecule has 0 aliphatic carbocycles. The number of benzene rings is 2. The maximum absolute atomic E-state index is 16.6. The van der Waals surface area contributed by atoms with Crippen LogP contribution in [0.15, 0.2) is 18.2 Å². The second-order valence-electron chi connectivity index (χ2n) is 11.7. The van der Waals surface area contributed by atoms with Crippen molar-refractivity contribution in [2.24, 2.45) is 0 Å². The number of aromatic nitrogens is 3. The molecule has 2 aromatic heterocycles. The van der Waals surface area contributed by atoms with Gasteiger partial charge in [0.05, 0.1) is 26.7 Å². The summed E-state index contributed by atoms with van der Waals surface area (Å²) >= 11 is 0.745. The maximum Gasteiger partial charge on any atom is 0.417 e. The molecule has 2 unspecified atom stereocenters. The van der Waals surface area contributed by atoms with E-state index in [9.17, 15) is 22.0 Å². The van der Waals surface area contributed by atoms with E-state index < -0.39 is 52.3 Å². The molecule has 44 heavy (non-hydrogen) atoms. The molecule has 8 nitrogen and oxygen atoms in total. The molecular weight excluding hydrogens is 610 g/mol. The Morgan fingerprint density at radius 3 is 2.75 bits per heavy atom. The van der Waals surface area contributed by atoms with Crippen molar-refractivity contribution in [2.75, 3.05) is 32.0 Å². The highest BCUT2D eigenvalue weighted by Crippen LogP contribution is 2.46. The lowest BCUT2D eigenvalue weighted by atomic mass is 9.95. The Balaban J connectivity index is 1.41. The average molecular weight is 639 g/mol. The molecule has 2 aromatic carbocycles. The molecule has 4 aromatic rings. The van der Waals surface area contributed by atoms with E-state index in [4.69, 9.17) is 15.2 Å². The Hall–Kier alpha value is -3.43. The first-order chi connectivity index (χ1) is 20.9. The number of thiazole rings is 1. The van der Waals surface area contributed by atoms with Gasteiger partial charge in [0.2, 0.25) is 5.88 Å². The second-order valence-corrected chi connectivity index (χ2v) is 12.7. The number of rotatable bonds is 6. The predicted octanol–water partition coefficient (Wildman–Crippen LogP) is 5.87. The largest absolute Gasteiger partial charge is 0.472 e. The van der Waals surface area contributed by atoms with Crippen molar-refractivity contribution < 1.29 is 35.8 Å². The van der Waals surface area contributed by atoms with Gasteiger partial charge < -0.3 is 20.5 Å². The third-order valence-electron chi connectivity index (χ3n) is 8.91. The summed E-state index contributed by atoms with van der Waals surface area (Å²) in [6.45, 7) is 3.50. The summed E-state index contributed by atoms with van der Waals surface area (Å²) in [6, 6.07) is 2.28. The summed E-state index contributed by atoms with van der Waals surface area (Å²) < 4.78 is 101. The molecule has 3 N–H and O–H groups in total. The average Bonchev–Trinajstić information content (AvgIpc) is 3.72. The highest BCUT2D eigenvalue weighted by atomic mass is 32.1. The van der Waals surface area contributed by atoms with Crippen LogP contribution in [0.1, 0.15) is 38.2 Å². The van der Waals surface area contributed by atoms with E-state index >= 15 is 4.39 Å². The first-order valence-electron chi connectivity index (χ1n) is 14.3. The quantitative estimate of drug-likeness (QED) is 0.253. The lowest BCUT2D eigenvalue weighted by molar-refractivity contribution is -0.137. The second kappa shape index (κ2) is 10.6. The molecule has 234 valence electrons. The van der Waals surface area contributed by atoms with Gasteiger partial charge in [-0.1, -0.05) is 11.3 Å². The number of nitrogens with zero attached hydrogens (tertiary/aromatic N) is 4. The minimum atomic E-state index is -5.03. The van der Waals surface area contributed by atoms with E-state index in [2.05, 4.69) is 20.3 Å². The molecule has 15 heteroatoms. The Labute approximate surface area is 251 Å². The molecule has 3 fully saturated rings. The summed E-state index contributed by atoms with van der Waals surface area (Å²) in [5.41, 5.74) is 2.03. The first kappa shape index (κ1) is 29.3. The minimum Gasteiger partial charge on any atom is -0.472 e. The zero-order valence-corrected chi connectivity index (χ0v) is 24.3. The molecule has 0 radical (unpaired) electrons. The highest BCUT2D eigenvalue weighted by molar-refractivity contribution is 7.22. The van der Waals surface area contributed by atoms with Crippen LogP contribution < -0.4 is 20.5 Å². The molecule has 0 amide bonds. The van der Waals surface area contributed by atoms with E-state index in [0.717, 1.165) is 42.5 Å². The number of nitrogens with one attached hydrogen (secondary N) is 1. The lowest BCUT2D eigenvalue weighted by Crippen LogP contribution is -2.43. The number of nitrogen functional groups attached to an aromatic ring is 1. The third-order valence-corrected chi connectivity index (χ3v) is 9.80. The fourth-order valence-electron chi connectivity index (χ4n) is 6.80.